The molecule has 2 aromatic carbocycles. The van der Waals surface area contributed by atoms with E-state index in [1.807, 2.05) is 24.3 Å². The van der Waals surface area contributed by atoms with Crippen LogP contribution < -0.4 is 32.3 Å². The lowest BCUT2D eigenvalue weighted by molar-refractivity contribution is -0.138. The Hall–Kier alpha value is -6.23. The highest BCUT2D eigenvalue weighted by Crippen LogP contribution is 2.19. The molecule has 0 saturated heterocycles. The second-order valence-corrected chi connectivity index (χ2v) is 11.6. The Morgan fingerprint density at radius 3 is 2.20 bits per heavy atom. The van der Waals surface area contributed by atoms with Gasteiger partial charge in [-0.15, -0.1) is 0 Å². The average Bonchev–Trinajstić information content (AvgIpc) is 3.76. The summed E-state index contributed by atoms with van der Waals surface area (Å²) in [4.78, 5) is 86.0. The van der Waals surface area contributed by atoms with Crippen LogP contribution >= 0.6 is 0 Å². The van der Waals surface area contributed by atoms with Gasteiger partial charge in [-0.1, -0.05) is 30.3 Å². The number of benzene rings is 2. The zero-order chi connectivity index (χ0) is 36.2. The highest BCUT2D eigenvalue weighted by Gasteiger charge is 2.29. The number of imidazole rings is 1. The Kier molecular flexibility index (Phi) is 12.6. The van der Waals surface area contributed by atoms with Crippen molar-refractivity contribution >= 4 is 46.4 Å². The lowest BCUT2D eigenvalue weighted by atomic mass is 10.0. The number of aromatic amines is 2. The highest BCUT2D eigenvalue weighted by molar-refractivity contribution is 5.96. The van der Waals surface area contributed by atoms with Gasteiger partial charge >= 0.3 is 5.97 Å². The number of rotatable bonds is 17. The topological polar surface area (TPSA) is 274 Å². The van der Waals surface area contributed by atoms with Crippen molar-refractivity contribution in [3.05, 3.63) is 84.1 Å². The number of phenols is 1. The highest BCUT2D eigenvalue weighted by atomic mass is 16.4. The van der Waals surface area contributed by atoms with Gasteiger partial charge < -0.3 is 52.5 Å². The summed E-state index contributed by atoms with van der Waals surface area (Å²) in [6.07, 6.45) is 4.81. The number of aliphatic carboxylic acids is 1. The number of fused-ring (bicyclic) bond motifs is 1. The van der Waals surface area contributed by atoms with Crippen molar-refractivity contribution in [2.24, 2.45) is 5.73 Å². The first-order valence-corrected chi connectivity index (χ1v) is 15.6. The number of carbonyl (C=O) groups is 6. The predicted octanol–water partition coefficient (Wildman–Crippen LogP) is -1.26. The molecule has 0 aliphatic heterocycles. The largest absolute Gasteiger partial charge is 0.508 e. The van der Waals surface area contributed by atoms with E-state index in [4.69, 9.17) is 10.8 Å². The van der Waals surface area contributed by atoms with Gasteiger partial charge in [0.05, 0.1) is 18.9 Å². The van der Waals surface area contributed by atoms with Crippen molar-refractivity contribution in [1.29, 1.82) is 0 Å². The van der Waals surface area contributed by atoms with Crippen LogP contribution in [0.25, 0.3) is 10.9 Å². The van der Waals surface area contributed by atoms with E-state index in [9.17, 15) is 33.9 Å². The van der Waals surface area contributed by atoms with Crippen LogP contribution in [0.3, 0.4) is 0 Å². The number of H-pyrrole nitrogens is 2. The molecule has 50 heavy (non-hydrogen) atoms. The van der Waals surface area contributed by atoms with E-state index >= 15 is 0 Å². The van der Waals surface area contributed by atoms with Crippen LogP contribution in [0.1, 0.15) is 23.7 Å². The molecule has 0 spiro atoms. The SMILES string of the molecule is C[C@H](NC(=O)[C@H](Cc1c[nH]c2ccccc12)NC(=O)CNC(=O)[C@@H](N)Cc1cnc[nH]1)C(=O)N[C@@H](Cc1ccc(O)cc1)C(=O)NCC(=O)O. The summed E-state index contributed by atoms with van der Waals surface area (Å²) in [6, 6.07) is 8.64. The maximum atomic E-state index is 13.6. The van der Waals surface area contributed by atoms with Gasteiger partial charge in [0.1, 0.15) is 30.4 Å². The average molecular weight is 690 g/mol. The molecule has 4 rings (SSSR count). The number of nitrogens with zero attached hydrogens (tertiary/aromatic N) is 1. The molecular weight excluding hydrogens is 650 g/mol. The monoisotopic (exact) mass is 689 g/mol. The Morgan fingerprint density at radius 1 is 0.800 bits per heavy atom. The normalized spacial score (nSPS) is 13.3. The fraction of sp³-hybridized carbons (Fsp3) is 0.303. The molecule has 17 nitrogen and oxygen atoms in total. The third-order valence-corrected chi connectivity index (χ3v) is 7.68. The van der Waals surface area contributed by atoms with Gasteiger partial charge in [0, 0.05) is 48.3 Å². The van der Waals surface area contributed by atoms with Crippen LogP contribution in [0.4, 0.5) is 0 Å². The van der Waals surface area contributed by atoms with Gasteiger partial charge in [-0.05, 0) is 36.2 Å². The fourth-order valence-corrected chi connectivity index (χ4v) is 5.04. The van der Waals surface area contributed by atoms with Gasteiger partial charge in [-0.25, -0.2) is 4.98 Å². The van der Waals surface area contributed by atoms with Crippen molar-refractivity contribution < 1.29 is 39.0 Å². The number of aromatic hydroxyl groups is 1. The second kappa shape index (κ2) is 17.3. The minimum absolute atomic E-state index is 0.00785. The second-order valence-electron chi connectivity index (χ2n) is 11.6. The zero-order valence-electron chi connectivity index (χ0n) is 27.1. The fourth-order valence-electron chi connectivity index (χ4n) is 5.04. The molecule has 0 unspecified atom stereocenters. The molecule has 0 bridgehead atoms. The number of hydrogen-bond acceptors (Lipinski definition) is 9. The van der Waals surface area contributed by atoms with E-state index in [0.29, 0.717) is 16.8 Å². The van der Waals surface area contributed by atoms with Crippen LogP contribution in [-0.4, -0.2) is 97.9 Å². The molecule has 0 saturated carbocycles. The van der Waals surface area contributed by atoms with E-state index in [1.54, 1.807) is 6.20 Å². The van der Waals surface area contributed by atoms with Gasteiger partial charge in [0.2, 0.25) is 29.5 Å². The number of aromatic nitrogens is 3. The number of carboxylic acids is 1. The van der Waals surface area contributed by atoms with Crippen LogP contribution in [0.5, 0.6) is 5.75 Å². The summed E-state index contributed by atoms with van der Waals surface area (Å²) in [5, 5.41) is 31.8. The standard InChI is InChI=1S/C33H39N9O8/c1-18(30(47)42-26(32(49)38-16-29(45)46)10-19-6-8-22(43)9-7-19)40-33(50)27(11-20-13-36-25-5-3-2-4-23(20)25)41-28(44)15-37-31(48)24(34)12-21-14-35-17-39-21/h2-9,13-14,17-18,24,26-27,36,43H,10-12,15-16,34H2,1H3,(H,35,39)(H,37,48)(H,38,49)(H,40,50)(H,41,44)(H,42,47)(H,45,46)/t18-,24-,26-,27-/m0/s1. The molecule has 0 fully saturated rings. The summed E-state index contributed by atoms with van der Waals surface area (Å²) < 4.78 is 0. The maximum absolute atomic E-state index is 13.6. The number of amides is 5. The number of para-hydroxylation sites is 1. The summed E-state index contributed by atoms with van der Waals surface area (Å²) in [5.41, 5.74) is 8.65. The van der Waals surface area contributed by atoms with Crippen LogP contribution in [-0.2, 0) is 48.0 Å². The first-order valence-electron chi connectivity index (χ1n) is 15.6. The minimum Gasteiger partial charge on any atom is -0.508 e. The van der Waals surface area contributed by atoms with Crippen molar-refractivity contribution in [1.82, 2.24) is 41.5 Å². The molecule has 0 aliphatic carbocycles. The van der Waals surface area contributed by atoms with Crippen molar-refractivity contribution in [2.75, 3.05) is 13.1 Å². The van der Waals surface area contributed by atoms with E-state index in [1.165, 1.54) is 43.7 Å². The molecule has 17 heteroatoms. The third kappa shape index (κ3) is 10.6. The van der Waals surface area contributed by atoms with Gasteiger partial charge in [0.15, 0.2) is 0 Å². The molecule has 264 valence electrons. The molecule has 5 amide bonds. The number of nitrogens with two attached hydrogens (primary N) is 1. The van der Waals surface area contributed by atoms with Gasteiger partial charge in [-0.2, -0.15) is 0 Å². The lowest BCUT2D eigenvalue weighted by Crippen LogP contribution is -2.57. The number of nitrogens with one attached hydrogen (secondary N) is 7. The quantitative estimate of drug-likeness (QED) is 0.0629. The number of phenolic OH excluding ortho intramolecular Hbond substituents is 1. The maximum Gasteiger partial charge on any atom is 0.322 e. The summed E-state index contributed by atoms with van der Waals surface area (Å²) in [6.45, 7) is 0.221. The molecule has 4 atom stereocenters. The van der Waals surface area contributed by atoms with Crippen LogP contribution in [0.2, 0.25) is 0 Å². The first-order chi connectivity index (χ1) is 23.9. The van der Waals surface area contributed by atoms with Crippen molar-refractivity contribution in [2.45, 2.75) is 50.4 Å². The summed E-state index contributed by atoms with van der Waals surface area (Å²) in [7, 11) is 0. The Bertz CT molecular complexity index is 1810. The predicted molar refractivity (Wildman–Crippen MR) is 179 cm³/mol. The number of carbonyl (C=O) groups excluding carboxylic acids is 5. The van der Waals surface area contributed by atoms with Gasteiger partial charge in [0.25, 0.3) is 0 Å². The van der Waals surface area contributed by atoms with Gasteiger partial charge in [-0.3, -0.25) is 28.8 Å². The van der Waals surface area contributed by atoms with Crippen molar-refractivity contribution in [3.8, 4) is 5.75 Å². The lowest BCUT2D eigenvalue weighted by Gasteiger charge is -2.24. The molecule has 0 radical (unpaired) electrons. The van der Waals surface area contributed by atoms with Crippen molar-refractivity contribution in [3.63, 3.8) is 0 Å². The number of hydrogen-bond donors (Lipinski definition) is 10. The molecule has 4 aromatic rings. The first kappa shape index (κ1) is 36.6. The summed E-state index contributed by atoms with van der Waals surface area (Å²) >= 11 is 0. The smallest absolute Gasteiger partial charge is 0.322 e. The van der Waals surface area contributed by atoms with E-state index in [0.717, 1.165) is 10.9 Å². The Morgan fingerprint density at radius 2 is 1.50 bits per heavy atom. The van der Waals surface area contributed by atoms with Crippen LogP contribution in [0, 0.1) is 0 Å². The Balaban J connectivity index is 1.43. The Labute approximate surface area is 285 Å². The van der Waals surface area contributed by atoms with E-state index < -0.39 is 72.8 Å². The van der Waals surface area contributed by atoms with Crippen LogP contribution in [0.15, 0.2) is 67.3 Å². The van der Waals surface area contributed by atoms with E-state index in [-0.39, 0.29) is 25.0 Å². The molecule has 0 aliphatic rings. The molecule has 2 heterocycles. The zero-order valence-corrected chi connectivity index (χ0v) is 27.1. The summed E-state index contributed by atoms with van der Waals surface area (Å²) in [5.74, 6) is -4.83. The minimum atomic E-state index is -1.28. The molecule has 2 aromatic heterocycles. The molecular formula is C33H39N9O8. The van der Waals surface area contributed by atoms with E-state index in [2.05, 4.69) is 41.5 Å². The molecule has 11 N–H and O–H groups in total. The number of carboxylic acid groups (broad SMARTS) is 1. The third-order valence-electron chi connectivity index (χ3n) is 7.68.